The zero-order chi connectivity index (χ0) is 24.0. The maximum atomic E-state index is 12.9. The lowest BCUT2D eigenvalue weighted by Gasteiger charge is -2.20. The molecule has 1 aromatic carbocycles. The molecule has 2 N–H and O–H groups in total. The first kappa shape index (κ1) is 23.5. The summed E-state index contributed by atoms with van der Waals surface area (Å²) in [6, 6.07) is 11.5. The van der Waals surface area contributed by atoms with E-state index in [1.165, 1.54) is 4.90 Å². The van der Waals surface area contributed by atoms with Gasteiger partial charge >= 0.3 is 12.1 Å². The van der Waals surface area contributed by atoms with Crippen molar-refractivity contribution in [2.24, 2.45) is 0 Å². The Bertz CT molecular complexity index is 1180. The van der Waals surface area contributed by atoms with E-state index in [4.69, 9.17) is 10.4 Å². The van der Waals surface area contributed by atoms with E-state index in [9.17, 15) is 18.0 Å². The molecule has 0 aliphatic rings. The van der Waals surface area contributed by atoms with Crippen LogP contribution in [-0.2, 0) is 11.0 Å². The third-order valence-electron chi connectivity index (χ3n) is 4.50. The van der Waals surface area contributed by atoms with Crippen LogP contribution >= 0.6 is 0 Å². The summed E-state index contributed by atoms with van der Waals surface area (Å²) in [5, 5.41) is 20.7. The lowest BCUT2D eigenvalue weighted by molar-refractivity contribution is -0.141. The Kier molecular flexibility index (Phi) is 7.07. The third-order valence-corrected chi connectivity index (χ3v) is 4.50. The normalized spacial score (nSPS) is 11.0. The van der Waals surface area contributed by atoms with Crippen molar-refractivity contribution >= 4 is 23.4 Å². The van der Waals surface area contributed by atoms with E-state index in [1.807, 2.05) is 19.1 Å². The molecule has 0 unspecified atom stereocenters. The average molecular weight is 456 g/mol. The van der Waals surface area contributed by atoms with Gasteiger partial charge in [-0.1, -0.05) is 6.07 Å². The van der Waals surface area contributed by atoms with Gasteiger partial charge in [0.05, 0.1) is 12.5 Å². The van der Waals surface area contributed by atoms with Crippen LogP contribution in [0.5, 0.6) is 0 Å². The summed E-state index contributed by atoms with van der Waals surface area (Å²) < 4.78 is 38.7. The molecule has 0 radical (unpaired) electrons. The highest BCUT2D eigenvalue weighted by Gasteiger charge is 2.32. The molecule has 3 aromatic rings. The summed E-state index contributed by atoms with van der Waals surface area (Å²) in [5.41, 5.74) is 1.74. The molecule has 33 heavy (non-hydrogen) atoms. The van der Waals surface area contributed by atoms with Crippen molar-refractivity contribution < 1.29 is 23.1 Å². The van der Waals surface area contributed by atoms with Crippen LogP contribution in [0.15, 0.2) is 48.8 Å². The van der Waals surface area contributed by atoms with E-state index >= 15 is 0 Å². The first-order chi connectivity index (χ1) is 15.7. The van der Waals surface area contributed by atoms with Gasteiger partial charge in [-0.3, -0.25) is 4.79 Å². The monoisotopic (exact) mass is 456 g/mol. The number of aromatic nitrogens is 3. The van der Waals surface area contributed by atoms with Gasteiger partial charge in [0.2, 0.25) is 5.95 Å². The number of pyridine rings is 1. The van der Waals surface area contributed by atoms with Gasteiger partial charge in [-0.15, -0.1) is 0 Å². The Morgan fingerprint density at radius 2 is 1.97 bits per heavy atom. The molecule has 0 spiro atoms. The molecule has 3 rings (SSSR count). The number of carboxylic acids is 1. The van der Waals surface area contributed by atoms with Crippen molar-refractivity contribution in [1.82, 2.24) is 15.0 Å². The van der Waals surface area contributed by atoms with Crippen LogP contribution in [0.3, 0.4) is 0 Å². The number of hydrogen-bond donors (Lipinski definition) is 2. The van der Waals surface area contributed by atoms with E-state index in [1.54, 1.807) is 30.5 Å². The number of nitrogens with zero attached hydrogens (tertiary/aromatic N) is 5. The van der Waals surface area contributed by atoms with Gasteiger partial charge in [0.15, 0.2) is 0 Å². The van der Waals surface area contributed by atoms with Crippen LogP contribution in [0.25, 0.3) is 11.1 Å². The van der Waals surface area contributed by atoms with Crippen LogP contribution in [0.1, 0.15) is 17.7 Å². The molecule has 2 heterocycles. The van der Waals surface area contributed by atoms with Crippen molar-refractivity contribution in [1.29, 1.82) is 5.26 Å². The molecule has 0 amide bonds. The molecule has 0 aliphatic heterocycles. The maximum Gasteiger partial charge on any atom is 0.433 e. The minimum Gasteiger partial charge on any atom is -0.480 e. The first-order valence-corrected chi connectivity index (χ1v) is 9.75. The van der Waals surface area contributed by atoms with Crippen molar-refractivity contribution in [3.05, 3.63) is 60.0 Å². The number of nitriles is 1. The van der Waals surface area contributed by atoms with Gasteiger partial charge in [-0.25, -0.2) is 15.0 Å². The highest BCUT2D eigenvalue weighted by atomic mass is 19.4. The molecule has 170 valence electrons. The topological polar surface area (TPSA) is 115 Å². The second kappa shape index (κ2) is 9.95. The number of nitrogens with one attached hydrogen (secondary N) is 1. The highest BCUT2D eigenvalue weighted by molar-refractivity contribution is 5.74. The summed E-state index contributed by atoms with van der Waals surface area (Å²) in [5.74, 6) is -0.804. The van der Waals surface area contributed by atoms with E-state index in [0.717, 1.165) is 23.4 Å². The highest BCUT2D eigenvalue weighted by Crippen LogP contribution is 2.29. The van der Waals surface area contributed by atoms with Gasteiger partial charge in [-0.05, 0) is 48.4 Å². The number of aryl methyl sites for hydroxylation is 1. The van der Waals surface area contributed by atoms with Crippen LogP contribution in [0, 0.1) is 18.3 Å². The Balaban J connectivity index is 1.85. The van der Waals surface area contributed by atoms with Crippen LogP contribution in [0.2, 0.25) is 0 Å². The Morgan fingerprint density at radius 1 is 1.18 bits per heavy atom. The lowest BCUT2D eigenvalue weighted by atomic mass is 10.0. The molecule has 2 aromatic heterocycles. The second-order valence-corrected chi connectivity index (χ2v) is 7.10. The minimum absolute atomic E-state index is 0.154. The van der Waals surface area contributed by atoms with E-state index in [0.29, 0.717) is 17.1 Å². The molecule has 0 aliphatic carbocycles. The van der Waals surface area contributed by atoms with E-state index in [2.05, 4.69) is 20.3 Å². The number of hydrogen-bond acceptors (Lipinski definition) is 7. The maximum absolute atomic E-state index is 12.9. The first-order valence-electron chi connectivity index (χ1n) is 9.75. The summed E-state index contributed by atoms with van der Waals surface area (Å²) in [6.45, 7) is 1.77. The van der Waals surface area contributed by atoms with Crippen LogP contribution < -0.4 is 10.2 Å². The standard InChI is InChI=1S/C22H19F3N6O2/c1-14-9-16(11-17(10-14)29-21-27-7-5-18(30-21)22(23,24)25)15-3-4-19(28-12-15)31(8-2-6-26)13-20(32)33/h3-5,7,9-12H,2,8,13H2,1H3,(H,32,33)(H,27,29,30). The molecule has 0 saturated heterocycles. The molecule has 8 nitrogen and oxygen atoms in total. The number of carbonyl (C=O) groups is 1. The molecule has 0 saturated carbocycles. The van der Waals surface area contributed by atoms with E-state index < -0.39 is 17.8 Å². The molecular weight excluding hydrogens is 437 g/mol. The Labute approximate surface area is 187 Å². The molecule has 0 bridgehead atoms. The number of carboxylic acid groups (broad SMARTS) is 1. The fraction of sp³-hybridized carbons (Fsp3) is 0.227. The smallest absolute Gasteiger partial charge is 0.433 e. The van der Waals surface area contributed by atoms with Gasteiger partial charge in [0.1, 0.15) is 18.1 Å². The molecule has 11 heteroatoms. The molecule has 0 atom stereocenters. The largest absolute Gasteiger partial charge is 0.480 e. The predicted molar refractivity (Wildman–Crippen MR) is 115 cm³/mol. The van der Waals surface area contributed by atoms with Gasteiger partial charge < -0.3 is 15.3 Å². The van der Waals surface area contributed by atoms with Gasteiger partial charge in [-0.2, -0.15) is 18.4 Å². The lowest BCUT2D eigenvalue weighted by Crippen LogP contribution is -2.31. The number of aliphatic carboxylic acids is 1. The van der Waals surface area contributed by atoms with Gasteiger partial charge in [0.25, 0.3) is 0 Å². The summed E-state index contributed by atoms with van der Waals surface area (Å²) in [6.07, 6.45) is -1.82. The number of rotatable bonds is 8. The van der Waals surface area contributed by atoms with Crippen molar-refractivity contribution in [3.63, 3.8) is 0 Å². The molecular formula is C22H19F3N6O2. The average Bonchev–Trinajstić information content (AvgIpc) is 2.76. The fourth-order valence-electron chi connectivity index (χ4n) is 3.09. The van der Waals surface area contributed by atoms with Crippen LogP contribution in [0.4, 0.5) is 30.6 Å². The minimum atomic E-state index is -4.58. The number of benzene rings is 1. The van der Waals surface area contributed by atoms with Crippen molar-refractivity contribution in [2.45, 2.75) is 19.5 Å². The quantitative estimate of drug-likeness (QED) is 0.512. The zero-order valence-corrected chi connectivity index (χ0v) is 17.5. The summed E-state index contributed by atoms with van der Waals surface area (Å²) >= 11 is 0. The second-order valence-electron chi connectivity index (χ2n) is 7.10. The fourth-order valence-corrected chi connectivity index (χ4v) is 3.09. The number of halogens is 3. The Hall–Kier alpha value is -4.20. The number of anilines is 3. The van der Waals surface area contributed by atoms with Crippen LogP contribution in [-0.4, -0.2) is 39.1 Å². The predicted octanol–water partition coefficient (Wildman–Crippen LogP) is 4.41. The number of alkyl halides is 3. The SMILES string of the molecule is Cc1cc(Nc2nccc(C(F)(F)F)n2)cc(-c2ccc(N(CCC#N)CC(=O)O)nc2)c1. The summed E-state index contributed by atoms with van der Waals surface area (Å²) in [4.78, 5) is 24.3. The van der Waals surface area contributed by atoms with Crippen molar-refractivity contribution in [3.8, 4) is 17.2 Å². The van der Waals surface area contributed by atoms with Crippen molar-refractivity contribution in [2.75, 3.05) is 23.3 Å². The zero-order valence-electron chi connectivity index (χ0n) is 17.5. The molecule has 0 fully saturated rings. The van der Waals surface area contributed by atoms with Gasteiger partial charge in [0, 0.05) is 30.2 Å². The third kappa shape index (κ3) is 6.39. The Morgan fingerprint density at radius 3 is 2.61 bits per heavy atom. The van der Waals surface area contributed by atoms with E-state index in [-0.39, 0.29) is 25.5 Å². The summed E-state index contributed by atoms with van der Waals surface area (Å²) in [7, 11) is 0.